The van der Waals surface area contributed by atoms with Gasteiger partial charge in [0.1, 0.15) is 5.03 Å². The van der Waals surface area contributed by atoms with Crippen molar-refractivity contribution in [2.45, 2.75) is 49.3 Å². The molecular weight excluding hydrogens is 338 g/mol. The Labute approximate surface area is 132 Å². The highest BCUT2D eigenvalue weighted by Gasteiger charge is 2.35. The van der Waals surface area contributed by atoms with Crippen LogP contribution in [0.4, 0.5) is 0 Å². The third-order valence-electron chi connectivity index (χ3n) is 3.90. The van der Waals surface area contributed by atoms with Gasteiger partial charge >= 0.3 is 5.97 Å². The highest BCUT2D eigenvalue weighted by Crippen LogP contribution is 2.42. The lowest BCUT2D eigenvalue weighted by atomic mass is 9.80. The first-order valence-corrected chi connectivity index (χ1v) is 8.79. The number of carboxylic acid groups (broad SMARTS) is 1. The lowest BCUT2D eigenvalue weighted by molar-refractivity contribution is -0.142. The second-order valence-electron chi connectivity index (χ2n) is 5.36. The van der Waals surface area contributed by atoms with E-state index >= 15 is 0 Å². The van der Waals surface area contributed by atoms with E-state index in [-0.39, 0.29) is 11.2 Å². The van der Waals surface area contributed by atoms with E-state index in [1.54, 1.807) is 18.0 Å². The van der Waals surface area contributed by atoms with Gasteiger partial charge in [0.15, 0.2) is 0 Å². The predicted octanol–water partition coefficient (Wildman–Crippen LogP) is 4.61. The number of nitrogens with zero attached hydrogens (tertiary/aromatic N) is 1. The van der Waals surface area contributed by atoms with Crippen LogP contribution in [0.2, 0.25) is 0 Å². The van der Waals surface area contributed by atoms with Crippen LogP contribution < -0.4 is 0 Å². The fourth-order valence-electron chi connectivity index (χ4n) is 2.90. The first-order chi connectivity index (χ1) is 9.61. The summed E-state index contributed by atoms with van der Waals surface area (Å²) in [6.45, 7) is 2.20. The van der Waals surface area contributed by atoms with E-state index in [2.05, 4.69) is 27.8 Å². The largest absolute Gasteiger partial charge is 0.481 e. The van der Waals surface area contributed by atoms with E-state index in [1.807, 2.05) is 12.1 Å². The molecule has 1 saturated carbocycles. The molecule has 1 aromatic rings. The van der Waals surface area contributed by atoms with Gasteiger partial charge in [0, 0.05) is 15.9 Å². The molecule has 0 bridgehead atoms. The summed E-state index contributed by atoms with van der Waals surface area (Å²) in [5.41, 5.74) is 0. The zero-order valence-corrected chi connectivity index (χ0v) is 14.0. The SMILES string of the molecule is CCCC1CCC(C(=O)O)C(Sc2ncccc2Br)C1. The Hall–Kier alpha value is -0.550. The van der Waals surface area contributed by atoms with E-state index < -0.39 is 5.97 Å². The van der Waals surface area contributed by atoms with Crippen LogP contribution in [0.15, 0.2) is 27.8 Å². The highest BCUT2D eigenvalue weighted by molar-refractivity contribution is 9.10. The summed E-state index contributed by atoms with van der Waals surface area (Å²) in [5, 5.41) is 10.5. The van der Waals surface area contributed by atoms with Crippen molar-refractivity contribution in [3.63, 3.8) is 0 Å². The molecule has 0 saturated heterocycles. The number of thioether (sulfide) groups is 1. The molecule has 5 heteroatoms. The average Bonchev–Trinajstić information content (AvgIpc) is 2.42. The van der Waals surface area contributed by atoms with Crippen LogP contribution in [-0.4, -0.2) is 21.3 Å². The van der Waals surface area contributed by atoms with Crippen molar-refractivity contribution in [2.75, 3.05) is 0 Å². The minimum Gasteiger partial charge on any atom is -0.481 e. The molecule has 0 radical (unpaired) electrons. The lowest BCUT2D eigenvalue weighted by Gasteiger charge is -2.33. The van der Waals surface area contributed by atoms with Crippen LogP contribution in [0.1, 0.15) is 39.0 Å². The molecule has 1 aliphatic rings. The van der Waals surface area contributed by atoms with Gasteiger partial charge in [-0.2, -0.15) is 0 Å². The first kappa shape index (κ1) is 15.8. The maximum absolute atomic E-state index is 11.5. The number of carbonyl (C=O) groups is 1. The van der Waals surface area contributed by atoms with Gasteiger partial charge in [0.2, 0.25) is 0 Å². The number of rotatable bonds is 5. The van der Waals surface area contributed by atoms with Crippen molar-refractivity contribution in [3.8, 4) is 0 Å². The van der Waals surface area contributed by atoms with Gasteiger partial charge < -0.3 is 5.11 Å². The van der Waals surface area contributed by atoms with Gasteiger partial charge in [-0.3, -0.25) is 4.79 Å². The molecule has 20 heavy (non-hydrogen) atoms. The molecule has 110 valence electrons. The summed E-state index contributed by atoms with van der Waals surface area (Å²) >= 11 is 5.11. The monoisotopic (exact) mass is 357 g/mol. The van der Waals surface area contributed by atoms with Crippen LogP contribution in [0, 0.1) is 11.8 Å². The highest BCUT2D eigenvalue weighted by atomic mass is 79.9. The zero-order valence-electron chi connectivity index (χ0n) is 11.6. The Balaban J connectivity index is 2.11. The van der Waals surface area contributed by atoms with Gasteiger partial charge in [-0.15, -0.1) is 11.8 Å². The van der Waals surface area contributed by atoms with E-state index in [0.29, 0.717) is 5.92 Å². The summed E-state index contributed by atoms with van der Waals surface area (Å²) in [5.74, 6) is -0.248. The summed E-state index contributed by atoms with van der Waals surface area (Å²) in [4.78, 5) is 15.8. The third kappa shape index (κ3) is 3.98. The molecule has 3 unspecified atom stereocenters. The Morgan fingerprint density at radius 2 is 2.35 bits per heavy atom. The third-order valence-corrected chi connectivity index (χ3v) is 6.18. The molecule has 0 aliphatic heterocycles. The molecule has 3 atom stereocenters. The Bertz CT molecular complexity index is 469. The van der Waals surface area contributed by atoms with Crippen molar-refractivity contribution in [1.29, 1.82) is 0 Å². The van der Waals surface area contributed by atoms with E-state index in [1.165, 1.54) is 12.8 Å². The van der Waals surface area contributed by atoms with E-state index in [4.69, 9.17) is 0 Å². The van der Waals surface area contributed by atoms with Crippen molar-refractivity contribution in [2.24, 2.45) is 11.8 Å². The summed E-state index contributed by atoms with van der Waals surface area (Å²) in [6, 6.07) is 3.83. The molecule has 0 aromatic carbocycles. The molecule has 2 rings (SSSR count). The second kappa shape index (κ2) is 7.46. The fraction of sp³-hybridized carbons (Fsp3) is 0.600. The lowest BCUT2D eigenvalue weighted by Crippen LogP contribution is -2.32. The number of pyridine rings is 1. The van der Waals surface area contributed by atoms with Crippen LogP contribution in [0.25, 0.3) is 0 Å². The second-order valence-corrected chi connectivity index (χ2v) is 7.44. The number of aromatic nitrogens is 1. The number of aliphatic carboxylic acids is 1. The van der Waals surface area contributed by atoms with Gasteiger partial charge in [-0.25, -0.2) is 4.98 Å². The molecule has 3 nitrogen and oxygen atoms in total. The quantitative estimate of drug-likeness (QED) is 0.835. The molecule has 0 spiro atoms. The summed E-state index contributed by atoms with van der Waals surface area (Å²) in [6.07, 6.45) is 6.96. The molecule has 1 aromatic heterocycles. The first-order valence-electron chi connectivity index (χ1n) is 7.11. The fourth-order valence-corrected chi connectivity index (χ4v) is 4.81. The minimum absolute atomic E-state index is 0.129. The molecule has 1 aliphatic carbocycles. The molecule has 1 N–H and O–H groups in total. The van der Waals surface area contributed by atoms with Crippen LogP contribution >= 0.6 is 27.7 Å². The standard InChI is InChI=1S/C15H20BrNO2S/c1-2-4-10-6-7-11(15(18)19)13(9-10)20-14-12(16)5-3-8-17-14/h3,5,8,10-11,13H,2,4,6-7,9H2,1H3,(H,18,19). The van der Waals surface area contributed by atoms with Crippen molar-refractivity contribution in [3.05, 3.63) is 22.8 Å². The van der Waals surface area contributed by atoms with E-state index in [0.717, 1.165) is 28.8 Å². The Morgan fingerprint density at radius 1 is 1.55 bits per heavy atom. The average molecular weight is 358 g/mol. The predicted molar refractivity (Wildman–Crippen MR) is 85.0 cm³/mol. The number of carboxylic acids is 1. The summed E-state index contributed by atoms with van der Waals surface area (Å²) in [7, 11) is 0. The molecule has 1 heterocycles. The van der Waals surface area contributed by atoms with Crippen molar-refractivity contribution >= 4 is 33.7 Å². The summed E-state index contributed by atoms with van der Waals surface area (Å²) < 4.78 is 0.951. The smallest absolute Gasteiger partial charge is 0.307 e. The van der Waals surface area contributed by atoms with Crippen LogP contribution in [-0.2, 0) is 4.79 Å². The van der Waals surface area contributed by atoms with Crippen LogP contribution in [0.5, 0.6) is 0 Å². The Kier molecular flexibility index (Phi) is 5.90. The van der Waals surface area contributed by atoms with Gasteiger partial charge in [-0.1, -0.05) is 19.8 Å². The minimum atomic E-state index is -0.662. The normalized spacial score (nSPS) is 26.4. The molecule has 0 amide bonds. The van der Waals surface area contributed by atoms with E-state index in [9.17, 15) is 9.90 Å². The zero-order chi connectivity index (χ0) is 14.5. The van der Waals surface area contributed by atoms with Gasteiger partial charge in [-0.05, 0) is 53.2 Å². The van der Waals surface area contributed by atoms with Crippen molar-refractivity contribution in [1.82, 2.24) is 4.98 Å². The number of halogens is 1. The van der Waals surface area contributed by atoms with Gasteiger partial charge in [0.25, 0.3) is 0 Å². The molecular formula is C15H20BrNO2S. The number of hydrogen-bond donors (Lipinski definition) is 1. The molecule has 1 fully saturated rings. The van der Waals surface area contributed by atoms with Gasteiger partial charge in [0.05, 0.1) is 5.92 Å². The maximum Gasteiger partial charge on any atom is 0.307 e. The maximum atomic E-state index is 11.5. The van der Waals surface area contributed by atoms with Crippen molar-refractivity contribution < 1.29 is 9.90 Å². The van der Waals surface area contributed by atoms with Crippen LogP contribution in [0.3, 0.4) is 0 Å². The Morgan fingerprint density at radius 3 is 3.00 bits per heavy atom. The topological polar surface area (TPSA) is 50.2 Å². The number of hydrogen-bond acceptors (Lipinski definition) is 3.